The molecule has 1 aliphatic rings. The summed E-state index contributed by atoms with van der Waals surface area (Å²) in [5.41, 5.74) is 1.32. The number of rotatable bonds is 5. The zero-order valence-corrected chi connectivity index (χ0v) is 11.8. The Kier molecular flexibility index (Phi) is 5.11. The lowest BCUT2D eigenvalue weighted by molar-refractivity contribution is -0.132. The summed E-state index contributed by atoms with van der Waals surface area (Å²) in [5, 5.41) is 0. The number of hydrogen-bond acceptors (Lipinski definition) is 3. The van der Waals surface area contributed by atoms with Crippen molar-refractivity contribution in [1.29, 1.82) is 0 Å². The van der Waals surface area contributed by atoms with Gasteiger partial charge in [-0.15, -0.1) is 0 Å². The molecule has 1 aromatic carbocycles. The molecule has 0 N–H and O–H groups in total. The molecule has 0 aliphatic carbocycles. The Hall–Kier alpha value is -1.19. The standard InChI is InChI=1S/C16H23NO2/c1-3-15-12-19-13(2)16(11-18)17(15)10-9-14-7-5-4-6-8-14/h4-8,11,13,15-16H,3,9-10,12H2,1-2H3/t13?,15-,16?/m1/s1. The molecule has 2 rings (SSSR count). The summed E-state index contributed by atoms with van der Waals surface area (Å²) in [4.78, 5) is 13.6. The summed E-state index contributed by atoms with van der Waals surface area (Å²) in [6.45, 7) is 5.79. The average molecular weight is 261 g/mol. The smallest absolute Gasteiger partial charge is 0.139 e. The van der Waals surface area contributed by atoms with Gasteiger partial charge in [-0.3, -0.25) is 4.90 Å². The van der Waals surface area contributed by atoms with Gasteiger partial charge in [-0.1, -0.05) is 37.3 Å². The first-order chi connectivity index (χ1) is 9.26. The highest BCUT2D eigenvalue weighted by Crippen LogP contribution is 2.20. The van der Waals surface area contributed by atoms with Gasteiger partial charge in [-0.05, 0) is 25.3 Å². The van der Waals surface area contributed by atoms with E-state index in [-0.39, 0.29) is 12.1 Å². The number of aldehydes is 1. The first-order valence-electron chi connectivity index (χ1n) is 7.12. The van der Waals surface area contributed by atoms with E-state index in [9.17, 15) is 4.79 Å². The minimum absolute atomic E-state index is 0.00364. The maximum Gasteiger partial charge on any atom is 0.139 e. The summed E-state index contributed by atoms with van der Waals surface area (Å²) >= 11 is 0. The van der Waals surface area contributed by atoms with E-state index in [2.05, 4.69) is 36.1 Å². The molecule has 1 fully saturated rings. The molecule has 3 atom stereocenters. The van der Waals surface area contributed by atoms with Gasteiger partial charge in [0.15, 0.2) is 0 Å². The number of hydrogen-bond donors (Lipinski definition) is 0. The van der Waals surface area contributed by atoms with Gasteiger partial charge in [-0.2, -0.15) is 0 Å². The summed E-state index contributed by atoms with van der Waals surface area (Å²) in [6.07, 6.45) is 3.04. The highest BCUT2D eigenvalue weighted by Gasteiger charge is 2.34. The molecule has 1 aromatic rings. The van der Waals surface area contributed by atoms with Crippen molar-refractivity contribution >= 4 is 6.29 Å². The van der Waals surface area contributed by atoms with Crippen LogP contribution in [0.25, 0.3) is 0 Å². The van der Waals surface area contributed by atoms with Crippen LogP contribution in [-0.4, -0.2) is 42.5 Å². The zero-order chi connectivity index (χ0) is 13.7. The van der Waals surface area contributed by atoms with Crippen LogP contribution in [0, 0.1) is 0 Å². The van der Waals surface area contributed by atoms with Gasteiger partial charge >= 0.3 is 0 Å². The normalized spacial score (nSPS) is 28.2. The third-order valence-corrected chi connectivity index (χ3v) is 4.00. The minimum atomic E-state index is -0.109. The van der Waals surface area contributed by atoms with Crippen molar-refractivity contribution in [2.24, 2.45) is 0 Å². The molecule has 104 valence electrons. The van der Waals surface area contributed by atoms with E-state index in [4.69, 9.17) is 4.74 Å². The lowest BCUT2D eigenvalue weighted by Gasteiger charge is -2.42. The molecule has 0 spiro atoms. The van der Waals surface area contributed by atoms with Crippen LogP contribution in [-0.2, 0) is 16.0 Å². The van der Waals surface area contributed by atoms with Crippen molar-refractivity contribution in [2.75, 3.05) is 13.2 Å². The van der Waals surface area contributed by atoms with Gasteiger partial charge in [0.2, 0.25) is 0 Å². The van der Waals surface area contributed by atoms with Crippen molar-refractivity contribution in [3.05, 3.63) is 35.9 Å². The van der Waals surface area contributed by atoms with Crippen LogP contribution < -0.4 is 0 Å². The van der Waals surface area contributed by atoms with Crippen molar-refractivity contribution in [3.63, 3.8) is 0 Å². The van der Waals surface area contributed by atoms with Crippen molar-refractivity contribution in [2.45, 2.75) is 44.9 Å². The van der Waals surface area contributed by atoms with Gasteiger partial charge < -0.3 is 9.53 Å². The van der Waals surface area contributed by atoms with E-state index in [0.29, 0.717) is 6.04 Å². The number of carbonyl (C=O) groups is 1. The van der Waals surface area contributed by atoms with E-state index in [1.54, 1.807) is 0 Å². The third kappa shape index (κ3) is 3.43. The Labute approximate surface area is 115 Å². The van der Waals surface area contributed by atoms with Gasteiger partial charge in [0.25, 0.3) is 0 Å². The molecule has 1 saturated heterocycles. The Bertz CT molecular complexity index is 393. The Morgan fingerprint density at radius 3 is 2.74 bits per heavy atom. The lowest BCUT2D eigenvalue weighted by Crippen LogP contribution is -2.56. The van der Waals surface area contributed by atoms with Crippen LogP contribution in [0.5, 0.6) is 0 Å². The fourth-order valence-corrected chi connectivity index (χ4v) is 2.75. The lowest BCUT2D eigenvalue weighted by atomic mass is 10.0. The first kappa shape index (κ1) is 14.2. The Morgan fingerprint density at radius 1 is 1.37 bits per heavy atom. The van der Waals surface area contributed by atoms with Crippen molar-refractivity contribution < 1.29 is 9.53 Å². The maximum absolute atomic E-state index is 11.3. The molecule has 0 bridgehead atoms. The van der Waals surface area contributed by atoms with E-state index >= 15 is 0 Å². The molecule has 19 heavy (non-hydrogen) atoms. The summed E-state index contributed by atoms with van der Waals surface area (Å²) in [7, 11) is 0. The Balaban J connectivity index is 2.03. The molecular weight excluding hydrogens is 238 g/mol. The van der Waals surface area contributed by atoms with Crippen LogP contribution in [0.15, 0.2) is 30.3 Å². The number of carbonyl (C=O) groups excluding carboxylic acids is 1. The predicted molar refractivity (Wildman–Crippen MR) is 76.2 cm³/mol. The van der Waals surface area contributed by atoms with Crippen LogP contribution >= 0.6 is 0 Å². The summed E-state index contributed by atoms with van der Waals surface area (Å²) < 4.78 is 5.69. The van der Waals surface area contributed by atoms with E-state index in [1.165, 1.54) is 5.56 Å². The fourth-order valence-electron chi connectivity index (χ4n) is 2.75. The molecule has 2 unspecified atom stereocenters. The van der Waals surface area contributed by atoms with Gasteiger partial charge in [0.1, 0.15) is 6.29 Å². The topological polar surface area (TPSA) is 29.5 Å². The molecule has 0 saturated carbocycles. The van der Waals surface area contributed by atoms with Crippen molar-refractivity contribution in [1.82, 2.24) is 4.90 Å². The number of nitrogens with zero attached hydrogens (tertiary/aromatic N) is 1. The zero-order valence-electron chi connectivity index (χ0n) is 11.8. The van der Waals surface area contributed by atoms with Gasteiger partial charge in [0.05, 0.1) is 18.8 Å². The minimum Gasteiger partial charge on any atom is -0.375 e. The maximum atomic E-state index is 11.3. The molecule has 3 heteroatoms. The van der Waals surface area contributed by atoms with Crippen LogP contribution in [0.1, 0.15) is 25.8 Å². The van der Waals surface area contributed by atoms with Crippen LogP contribution in [0.3, 0.4) is 0 Å². The quantitative estimate of drug-likeness (QED) is 0.762. The molecule has 1 heterocycles. The number of benzene rings is 1. The predicted octanol–water partition coefficient (Wildman–Crippen LogP) is 2.30. The monoisotopic (exact) mass is 261 g/mol. The van der Waals surface area contributed by atoms with Gasteiger partial charge in [-0.25, -0.2) is 0 Å². The van der Waals surface area contributed by atoms with Crippen LogP contribution in [0.2, 0.25) is 0 Å². The molecular formula is C16H23NO2. The first-order valence-corrected chi connectivity index (χ1v) is 7.12. The summed E-state index contributed by atoms with van der Waals surface area (Å²) in [6, 6.07) is 10.7. The largest absolute Gasteiger partial charge is 0.375 e. The number of morpholine rings is 1. The molecule has 1 aliphatic heterocycles. The van der Waals surface area contributed by atoms with Crippen LogP contribution in [0.4, 0.5) is 0 Å². The molecule has 0 radical (unpaired) electrons. The summed E-state index contributed by atoms with van der Waals surface area (Å²) in [5.74, 6) is 0. The van der Waals surface area contributed by atoms with Crippen molar-refractivity contribution in [3.8, 4) is 0 Å². The molecule has 3 nitrogen and oxygen atoms in total. The second-order valence-electron chi connectivity index (χ2n) is 5.20. The highest BCUT2D eigenvalue weighted by molar-refractivity contribution is 5.59. The van der Waals surface area contributed by atoms with E-state index < -0.39 is 0 Å². The second kappa shape index (κ2) is 6.83. The van der Waals surface area contributed by atoms with E-state index in [0.717, 1.165) is 32.3 Å². The van der Waals surface area contributed by atoms with Gasteiger partial charge in [0, 0.05) is 12.6 Å². The highest BCUT2D eigenvalue weighted by atomic mass is 16.5. The number of ether oxygens (including phenoxy) is 1. The average Bonchev–Trinajstić information content (AvgIpc) is 2.46. The second-order valence-corrected chi connectivity index (χ2v) is 5.20. The molecule has 0 amide bonds. The van der Waals surface area contributed by atoms with E-state index in [1.807, 2.05) is 13.0 Å². The Morgan fingerprint density at radius 2 is 2.11 bits per heavy atom. The SMILES string of the molecule is CC[C@@H]1COC(C)C(C=O)N1CCc1ccccc1. The third-order valence-electron chi connectivity index (χ3n) is 4.00. The molecule has 0 aromatic heterocycles. The fraction of sp³-hybridized carbons (Fsp3) is 0.562.